The number of benzene rings is 1. The van der Waals surface area contributed by atoms with Gasteiger partial charge in [-0.3, -0.25) is 14.6 Å². The van der Waals surface area contributed by atoms with Crippen LogP contribution in [-0.4, -0.2) is 35.7 Å². The lowest BCUT2D eigenvalue weighted by Gasteiger charge is -2.42. The van der Waals surface area contributed by atoms with E-state index in [1.165, 1.54) is 0 Å². The molecule has 1 aromatic rings. The van der Waals surface area contributed by atoms with E-state index in [1.54, 1.807) is 25.6 Å². The van der Waals surface area contributed by atoms with E-state index in [0.717, 1.165) is 22.6 Å². The molecule has 3 rings (SSSR count). The van der Waals surface area contributed by atoms with Crippen LogP contribution in [0.15, 0.2) is 29.3 Å². The van der Waals surface area contributed by atoms with Crippen LogP contribution >= 0.6 is 11.8 Å². The van der Waals surface area contributed by atoms with E-state index in [1.807, 2.05) is 32.0 Å². The number of ether oxygens (including phenoxy) is 2. The molecule has 0 radical (unpaired) electrons. The lowest BCUT2D eigenvalue weighted by molar-refractivity contribution is -0.153. The number of carbonyl (C=O) groups excluding carboxylic acids is 2. The van der Waals surface area contributed by atoms with Crippen LogP contribution in [0, 0.1) is 11.8 Å². The highest BCUT2D eigenvalue weighted by molar-refractivity contribution is 7.99. The number of esters is 2. The number of hydrogen-bond donors (Lipinski definition) is 0. The molecule has 2 aliphatic rings. The number of rotatable bonds is 4. The minimum atomic E-state index is -0.664. The van der Waals surface area contributed by atoms with E-state index in [0.29, 0.717) is 13.2 Å². The Morgan fingerprint density at radius 2 is 1.85 bits per heavy atom. The van der Waals surface area contributed by atoms with E-state index in [9.17, 15) is 9.59 Å². The minimum absolute atomic E-state index is 0.297. The highest BCUT2D eigenvalue weighted by Gasteiger charge is 2.56. The summed E-state index contributed by atoms with van der Waals surface area (Å²) in [6.45, 7) is 8.03. The second-order valence-corrected chi connectivity index (χ2v) is 8.18. The zero-order chi connectivity index (χ0) is 18.9. The van der Waals surface area contributed by atoms with Gasteiger partial charge in [0, 0.05) is 17.4 Å². The molecule has 0 N–H and O–H groups in total. The molecule has 0 fully saturated rings. The summed E-state index contributed by atoms with van der Waals surface area (Å²) in [7, 11) is 0. The van der Waals surface area contributed by atoms with Crippen LogP contribution in [0.5, 0.6) is 0 Å². The monoisotopic (exact) mass is 375 g/mol. The Hall–Kier alpha value is -1.82. The van der Waals surface area contributed by atoms with Gasteiger partial charge in [-0.25, -0.2) is 0 Å². The summed E-state index contributed by atoms with van der Waals surface area (Å²) >= 11 is 1.64. The number of fused-ring (bicyclic) bond motifs is 4. The molecule has 0 aromatic heterocycles. The predicted molar refractivity (Wildman–Crippen MR) is 102 cm³/mol. The molecular formula is C20H25NO4S. The average Bonchev–Trinajstić information content (AvgIpc) is 2.68. The van der Waals surface area contributed by atoms with Crippen molar-refractivity contribution in [3.63, 3.8) is 0 Å². The van der Waals surface area contributed by atoms with Crippen LogP contribution in [0.2, 0.25) is 0 Å². The van der Waals surface area contributed by atoms with Gasteiger partial charge in [0.15, 0.2) is 0 Å². The third-order valence-electron chi connectivity index (χ3n) is 5.16. The average molecular weight is 375 g/mol. The maximum Gasteiger partial charge on any atom is 0.315 e. The normalized spacial score (nSPS) is 29.8. The quantitative estimate of drug-likeness (QED) is 0.753. The zero-order valence-electron chi connectivity index (χ0n) is 15.7. The molecule has 5 nitrogen and oxygen atoms in total. The van der Waals surface area contributed by atoms with Crippen LogP contribution in [0.1, 0.15) is 44.7 Å². The number of carbonyl (C=O) groups is 2. The van der Waals surface area contributed by atoms with Crippen molar-refractivity contribution >= 4 is 29.4 Å². The number of hydrogen-bond acceptors (Lipinski definition) is 6. The third kappa shape index (κ3) is 3.15. The number of thioether (sulfide) groups is 1. The highest BCUT2D eigenvalue weighted by Crippen LogP contribution is 2.54. The SMILES string of the molecule is CCOC(=O)C1C(C)=NC2(C)SCc3ccccc3C1C2C(=O)OCC. The Morgan fingerprint density at radius 1 is 1.19 bits per heavy atom. The lowest BCUT2D eigenvalue weighted by atomic mass is 9.69. The van der Waals surface area contributed by atoms with E-state index in [-0.39, 0.29) is 17.9 Å². The molecule has 0 spiro atoms. The van der Waals surface area contributed by atoms with Gasteiger partial charge in [0.1, 0.15) is 10.8 Å². The van der Waals surface area contributed by atoms with Crippen molar-refractivity contribution in [1.29, 1.82) is 0 Å². The third-order valence-corrected chi connectivity index (χ3v) is 6.54. The van der Waals surface area contributed by atoms with Crippen molar-refractivity contribution < 1.29 is 19.1 Å². The van der Waals surface area contributed by atoms with Crippen molar-refractivity contribution in [2.75, 3.05) is 13.2 Å². The maximum atomic E-state index is 13.0. The Labute approximate surface area is 158 Å². The minimum Gasteiger partial charge on any atom is -0.466 e. The Balaban J connectivity index is 2.21. The van der Waals surface area contributed by atoms with Gasteiger partial charge in [-0.15, -0.1) is 11.8 Å². The smallest absolute Gasteiger partial charge is 0.315 e. The van der Waals surface area contributed by atoms with Gasteiger partial charge in [0.25, 0.3) is 0 Å². The Bertz CT molecular complexity index is 747. The van der Waals surface area contributed by atoms with Crippen molar-refractivity contribution in [1.82, 2.24) is 0 Å². The van der Waals surface area contributed by atoms with Gasteiger partial charge in [-0.05, 0) is 38.8 Å². The fourth-order valence-electron chi connectivity index (χ4n) is 4.12. The van der Waals surface area contributed by atoms with Crippen LogP contribution in [-0.2, 0) is 24.8 Å². The molecule has 26 heavy (non-hydrogen) atoms. The van der Waals surface area contributed by atoms with Gasteiger partial charge in [-0.2, -0.15) is 0 Å². The molecule has 2 heterocycles. The topological polar surface area (TPSA) is 65.0 Å². The standard InChI is InChI=1S/C20H25NO4S/c1-5-24-18(22)15-12(3)21-20(4)17(19(23)25-6-2)16(15)14-10-8-7-9-13(14)11-26-20/h7-10,15-17H,5-6,11H2,1-4H3. The van der Waals surface area contributed by atoms with Gasteiger partial charge in [-0.1, -0.05) is 24.3 Å². The summed E-state index contributed by atoms with van der Waals surface area (Å²) in [6, 6.07) is 8.02. The Morgan fingerprint density at radius 3 is 2.54 bits per heavy atom. The summed E-state index contributed by atoms with van der Waals surface area (Å²) < 4.78 is 10.7. The molecule has 2 aliphatic heterocycles. The molecule has 4 unspecified atom stereocenters. The second kappa shape index (κ2) is 7.43. The largest absolute Gasteiger partial charge is 0.466 e. The molecule has 1 aromatic carbocycles. The van der Waals surface area contributed by atoms with E-state index < -0.39 is 16.7 Å². The van der Waals surface area contributed by atoms with E-state index in [4.69, 9.17) is 14.5 Å². The summed E-state index contributed by atoms with van der Waals surface area (Å²) in [4.78, 5) is 29.9. The van der Waals surface area contributed by atoms with Gasteiger partial charge >= 0.3 is 11.9 Å². The molecule has 0 amide bonds. The van der Waals surface area contributed by atoms with E-state index >= 15 is 0 Å². The van der Waals surface area contributed by atoms with Crippen LogP contribution in [0.3, 0.4) is 0 Å². The van der Waals surface area contributed by atoms with Gasteiger partial charge in [0.2, 0.25) is 0 Å². The fraction of sp³-hybridized carbons (Fsp3) is 0.550. The Kier molecular flexibility index (Phi) is 5.42. The first-order valence-electron chi connectivity index (χ1n) is 9.04. The van der Waals surface area contributed by atoms with Gasteiger partial charge < -0.3 is 9.47 Å². The highest BCUT2D eigenvalue weighted by atomic mass is 32.2. The maximum absolute atomic E-state index is 13.0. The predicted octanol–water partition coefficient (Wildman–Crippen LogP) is 3.57. The first-order valence-corrected chi connectivity index (χ1v) is 10.0. The first-order chi connectivity index (χ1) is 12.4. The summed E-state index contributed by atoms with van der Waals surface area (Å²) in [5.41, 5.74) is 2.88. The molecule has 2 bridgehead atoms. The first kappa shape index (κ1) is 19.0. The molecular weight excluding hydrogens is 350 g/mol. The van der Waals surface area contributed by atoms with Crippen molar-refractivity contribution in [2.45, 2.75) is 44.2 Å². The fourth-order valence-corrected chi connectivity index (χ4v) is 5.46. The van der Waals surface area contributed by atoms with Crippen molar-refractivity contribution in [3.05, 3.63) is 35.4 Å². The summed E-state index contributed by atoms with van der Waals surface area (Å²) in [5.74, 6) is -1.31. The number of aliphatic imine (C=N–C) groups is 1. The summed E-state index contributed by atoms with van der Waals surface area (Å²) in [6.07, 6.45) is 0. The van der Waals surface area contributed by atoms with Crippen LogP contribution in [0.25, 0.3) is 0 Å². The molecule has 0 saturated carbocycles. The van der Waals surface area contributed by atoms with E-state index in [2.05, 4.69) is 6.07 Å². The van der Waals surface area contributed by atoms with Crippen LogP contribution in [0.4, 0.5) is 0 Å². The van der Waals surface area contributed by atoms with Crippen molar-refractivity contribution in [2.24, 2.45) is 16.8 Å². The van der Waals surface area contributed by atoms with Crippen molar-refractivity contribution in [3.8, 4) is 0 Å². The van der Waals surface area contributed by atoms with Crippen LogP contribution < -0.4 is 0 Å². The molecule has 4 atom stereocenters. The second-order valence-electron chi connectivity index (χ2n) is 6.78. The lowest BCUT2D eigenvalue weighted by Crippen LogP contribution is -2.50. The molecule has 0 aliphatic carbocycles. The number of nitrogens with zero attached hydrogens (tertiary/aromatic N) is 1. The molecule has 140 valence electrons. The zero-order valence-corrected chi connectivity index (χ0v) is 16.5. The molecule has 0 saturated heterocycles. The summed E-state index contributed by atoms with van der Waals surface area (Å²) in [5, 5.41) is 0. The molecule has 6 heteroatoms. The van der Waals surface area contributed by atoms with Gasteiger partial charge in [0.05, 0.1) is 19.1 Å².